The van der Waals surface area contributed by atoms with Crippen molar-refractivity contribution in [3.63, 3.8) is 0 Å². The lowest BCUT2D eigenvalue weighted by Gasteiger charge is -2.33. The molecule has 0 aliphatic carbocycles. The normalized spacial score (nSPS) is 12.2. The molecule has 0 saturated heterocycles. The van der Waals surface area contributed by atoms with E-state index in [-0.39, 0.29) is 11.2 Å². The summed E-state index contributed by atoms with van der Waals surface area (Å²) >= 11 is 3.38. The van der Waals surface area contributed by atoms with Gasteiger partial charge in [0.1, 0.15) is 5.82 Å². The minimum absolute atomic E-state index is 0.161. The fourth-order valence-electron chi connectivity index (χ4n) is 2.58. The van der Waals surface area contributed by atoms with Crippen molar-refractivity contribution in [2.45, 2.75) is 47.0 Å². The van der Waals surface area contributed by atoms with Crippen molar-refractivity contribution in [3.05, 3.63) is 34.1 Å². The maximum Gasteiger partial charge on any atom is 0.124 e. The van der Waals surface area contributed by atoms with Crippen LogP contribution in [0.4, 0.5) is 4.39 Å². The molecule has 1 nitrogen and oxygen atoms in total. The quantitative estimate of drug-likeness (QED) is 0.685. The highest BCUT2D eigenvalue weighted by molar-refractivity contribution is 9.10. The SMILES string of the molecule is CCC(CC)(CNCC(C)C)Cc1cc(F)cc(Br)c1. The van der Waals surface area contributed by atoms with Gasteiger partial charge in [-0.3, -0.25) is 0 Å². The predicted octanol–water partition coefficient (Wildman–Crippen LogP) is 5.18. The van der Waals surface area contributed by atoms with Gasteiger partial charge in [-0.2, -0.15) is 0 Å². The zero-order valence-electron chi connectivity index (χ0n) is 13.1. The molecule has 20 heavy (non-hydrogen) atoms. The van der Waals surface area contributed by atoms with E-state index in [0.29, 0.717) is 5.92 Å². The summed E-state index contributed by atoms with van der Waals surface area (Å²) in [4.78, 5) is 0. The van der Waals surface area contributed by atoms with Crippen molar-refractivity contribution in [2.75, 3.05) is 13.1 Å². The second-order valence-corrected chi connectivity index (χ2v) is 7.10. The molecule has 0 bridgehead atoms. The van der Waals surface area contributed by atoms with Gasteiger partial charge in [-0.25, -0.2) is 4.39 Å². The molecule has 0 spiro atoms. The maximum absolute atomic E-state index is 13.5. The average Bonchev–Trinajstić information content (AvgIpc) is 2.36. The van der Waals surface area contributed by atoms with Gasteiger partial charge in [-0.1, -0.05) is 43.6 Å². The average molecular weight is 344 g/mol. The van der Waals surface area contributed by atoms with Gasteiger partial charge >= 0.3 is 0 Å². The standard InChI is InChI=1S/C17H27BrFN/c1-5-17(6-2,12-20-11-13(3)4)10-14-7-15(18)9-16(19)8-14/h7-9,13,20H,5-6,10-12H2,1-4H3. The largest absolute Gasteiger partial charge is 0.316 e. The first-order valence-electron chi connectivity index (χ1n) is 7.56. The minimum atomic E-state index is -0.161. The van der Waals surface area contributed by atoms with Crippen molar-refractivity contribution in [1.29, 1.82) is 0 Å². The highest BCUT2D eigenvalue weighted by Gasteiger charge is 2.26. The Balaban J connectivity index is 2.79. The summed E-state index contributed by atoms with van der Waals surface area (Å²) < 4.78 is 14.3. The summed E-state index contributed by atoms with van der Waals surface area (Å²) in [6, 6.07) is 5.21. The summed E-state index contributed by atoms with van der Waals surface area (Å²) in [6.45, 7) is 10.9. The van der Waals surface area contributed by atoms with Gasteiger partial charge in [-0.15, -0.1) is 0 Å². The third-order valence-electron chi connectivity index (χ3n) is 4.05. The van der Waals surface area contributed by atoms with E-state index >= 15 is 0 Å². The summed E-state index contributed by atoms with van der Waals surface area (Å²) in [5.74, 6) is 0.496. The third-order valence-corrected chi connectivity index (χ3v) is 4.51. The summed E-state index contributed by atoms with van der Waals surface area (Å²) in [5, 5.41) is 3.57. The molecule has 0 saturated carbocycles. The molecule has 3 heteroatoms. The van der Waals surface area contributed by atoms with Crippen LogP contribution in [0.3, 0.4) is 0 Å². The van der Waals surface area contributed by atoms with E-state index in [1.165, 1.54) is 6.07 Å². The van der Waals surface area contributed by atoms with Crippen LogP contribution in [0.15, 0.2) is 22.7 Å². The van der Waals surface area contributed by atoms with Crippen LogP contribution in [0.2, 0.25) is 0 Å². The van der Waals surface area contributed by atoms with Crippen LogP contribution in [0, 0.1) is 17.2 Å². The number of hydrogen-bond acceptors (Lipinski definition) is 1. The van der Waals surface area contributed by atoms with Gasteiger partial charge in [0, 0.05) is 11.0 Å². The lowest BCUT2D eigenvalue weighted by atomic mass is 9.77. The van der Waals surface area contributed by atoms with Crippen LogP contribution >= 0.6 is 15.9 Å². The van der Waals surface area contributed by atoms with Crippen LogP contribution in [-0.2, 0) is 6.42 Å². The topological polar surface area (TPSA) is 12.0 Å². The lowest BCUT2D eigenvalue weighted by Crippen LogP contribution is -2.37. The molecule has 1 aromatic rings. The van der Waals surface area contributed by atoms with Crippen molar-refractivity contribution in [3.8, 4) is 0 Å². The summed E-state index contributed by atoms with van der Waals surface area (Å²) in [5.41, 5.74) is 1.29. The Kier molecular flexibility index (Phi) is 7.18. The Hall–Kier alpha value is -0.410. The van der Waals surface area contributed by atoms with Crippen LogP contribution in [0.5, 0.6) is 0 Å². The van der Waals surface area contributed by atoms with Crippen molar-refractivity contribution >= 4 is 15.9 Å². The third kappa shape index (κ3) is 5.53. The minimum Gasteiger partial charge on any atom is -0.316 e. The Morgan fingerprint density at radius 2 is 1.85 bits per heavy atom. The van der Waals surface area contributed by atoms with Crippen LogP contribution in [0.25, 0.3) is 0 Å². The smallest absolute Gasteiger partial charge is 0.124 e. The molecule has 1 N–H and O–H groups in total. The van der Waals surface area contributed by atoms with Crippen molar-refractivity contribution < 1.29 is 4.39 Å². The first-order valence-corrected chi connectivity index (χ1v) is 8.36. The Morgan fingerprint density at radius 3 is 2.35 bits per heavy atom. The molecule has 0 fully saturated rings. The molecule has 1 aromatic carbocycles. The molecule has 0 amide bonds. The fourth-order valence-corrected chi connectivity index (χ4v) is 3.10. The molecule has 1 rings (SSSR count). The number of halogens is 2. The van der Waals surface area contributed by atoms with Gasteiger partial charge in [0.2, 0.25) is 0 Å². The van der Waals surface area contributed by atoms with E-state index in [0.717, 1.165) is 42.4 Å². The Morgan fingerprint density at radius 1 is 1.20 bits per heavy atom. The predicted molar refractivity (Wildman–Crippen MR) is 88.5 cm³/mol. The highest BCUT2D eigenvalue weighted by Crippen LogP contribution is 2.31. The maximum atomic E-state index is 13.5. The second kappa shape index (κ2) is 8.14. The first-order chi connectivity index (χ1) is 9.40. The molecular formula is C17H27BrFN. The molecule has 0 aliphatic heterocycles. The van der Waals surface area contributed by atoms with Gasteiger partial charge in [0.05, 0.1) is 0 Å². The molecule has 0 aromatic heterocycles. The lowest BCUT2D eigenvalue weighted by molar-refractivity contribution is 0.242. The monoisotopic (exact) mass is 343 g/mol. The van der Waals surface area contributed by atoms with Gasteiger partial charge < -0.3 is 5.32 Å². The molecule has 0 unspecified atom stereocenters. The summed E-state index contributed by atoms with van der Waals surface area (Å²) in [7, 11) is 0. The number of benzene rings is 1. The van der Waals surface area contributed by atoms with E-state index < -0.39 is 0 Å². The Labute approximate surface area is 131 Å². The molecule has 0 heterocycles. The van der Waals surface area contributed by atoms with Crippen LogP contribution in [0.1, 0.15) is 46.1 Å². The van der Waals surface area contributed by atoms with E-state index in [2.05, 4.69) is 48.9 Å². The summed E-state index contributed by atoms with van der Waals surface area (Å²) in [6.07, 6.45) is 3.12. The molecule has 114 valence electrons. The van der Waals surface area contributed by atoms with Gasteiger partial charge in [-0.05, 0) is 60.9 Å². The fraction of sp³-hybridized carbons (Fsp3) is 0.647. The zero-order chi connectivity index (χ0) is 15.2. The number of rotatable bonds is 8. The van der Waals surface area contributed by atoms with E-state index in [4.69, 9.17) is 0 Å². The number of nitrogens with one attached hydrogen (secondary N) is 1. The first kappa shape index (κ1) is 17.6. The molecule has 0 aliphatic rings. The molecule has 0 radical (unpaired) electrons. The molecule has 0 atom stereocenters. The van der Waals surface area contributed by atoms with E-state index in [9.17, 15) is 4.39 Å². The molecular weight excluding hydrogens is 317 g/mol. The zero-order valence-corrected chi connectivity index (χ0v) is 14.7. The van der Waals surface area contributed by atoms with Gasteiger partial charge in [0.25, 0.3) is 0 Å². The van der Waals surface area contributed by atoms with Gasteiger partial charge in [0.15, 0.2) is 0 Å². The van der Waals surface area contributed by atoms with E-state index in [1.807, 2.05) is 6.07 Å². The highest BCUT2D eigenvalue weighted by atomic mass is 79.9. The van der Waals surface area contributed by atoms with E-state index in [1.54, 1.807) is 6.07 Å². The van der Waals surface area contributed by atoms with Crippen LogP contribution in [-0.4, -0.2) is 13.1 Å². The second-order valence-electron chi connectivity index (χ2n) is 6.19. The van der Waals surface area contributed by atoms with Crippen LogP contribution < -0.4 is 5.32 Å². The Bertz CT molecular complexity index is 393. The number of hydrogen-bond donors (Lipinski definition) is 1. The van der Waals surface area contributed by atoms with Crippen molar-refractivity contribution in [2.24, 2.45) is 11.3 Å². The van der Waals surface area contributed by atoms with Crippen molar-refractivity contribution in [1.82, 2.24) is 5.32 Å².